The zero-order chi connectivity index (χ0) is 22.9. The molecule has 0 aromatic carbocycles. The van der Waals surface area contributed by atoms with Crippen molar-refractivity contribution in [1.82, 2.24) is 9.47 Å². The van der Waals surface area contributed by atoms with Crippen LogP contribution in [-0.2, 0) is 16.1 Å². The molecule has 2 fully saturated rings. The molecule has 1 aromatic rings. The highest BCUT2D eigenvalue weighted by molar-refractivity contribution is 8.26. The monoisotopic (exact) mass is 460 g/mol. The van der Waals surface area contributed by atoms with Crippen LogP contribution in [0.3, 0.4) is 0 Å². The highest BCUT2D eigenvalue weighted by atomic mass is 32.2. The average Bonchev–Trinajstić information content (AvgIpc) is 2.97. The van der Waals surface area contributed by atoms with E-state index < -0.39 is 0 Å². The van der Waals surface area contributed by atoms with Crippen LogP contribution in [0.4, 0.5) is 5.82 Å². The number of aromatic nitrogens is 1. The summed E-state index contributed by atoms with van der Waals surface area (Å²) in [4.78, 5) is 30.3. The van der Waals surface area contributed by atoms with E-state index in [1.165, 1.54) is 11.8 Å². The Morgan fingerprint density at radius 2 is 1.90 bits per heavy atom. The fraction of sp³-hybridized carbons (Fsp3) is 0.545. The Labute approximate surface area is 192 Å². The van der Waals surface area contributed by atoms with Crippen LogP contribution in [0.1, 0.15) is 50.8 Å². The number of carbonyl (C=O) groups excluding carboxylic acids is 1. The number of ether oxygens (including phenoxy) is 1. The predicted octanol–water partition coefficient (Wildman–Crippen LogP) is 3.27. The summed E-state index contributed by atoms with van der Waals surface area (Å²) in [5.74, 6) is 0.602. The van der Waals surface area contributed by atoms with E-state index in [2.05, 4.69) is 11.0 Å². The van der Waals surface area contributed by atoms with Gasteiger partial charge in [0.15, 0.2) is 0 Å². The van der Waals surface area contributed by atoms with Gasteiger partial charge in [-0.1, -0.05) is 30.9 Å². The summed E-state index contributed by atoms with van der Waals surface area (Å²) >= 11 is 6.68. The highest BCUT2D eigenvalue weighted by Gasteiger charge is 2.33. The molecule has 166 valence electrons. The lowest BCUT2D eigenvalue weighted by Gasteiger charge is -2.39. The Bertz CT molecular complexity index is 1030. The SMILES string of the molecule is CCCN1C(=O)/C(=C/c2c(C)c(C#N)c(=O)n(CC)c2N2CC(C)OC(C)C2)SC1=S. The molecule has 3 rings (SSSR count). The van der Waals surface area contributed by atoms with E-state index >= 15 is 0 Å². The topological polar surface area (TPSA) is 78.6 Å². The van der Waals surface area contributed by atoms with Crippen LogP contribution in [0.15, 0.2) is 9.70 Å². The minimum Gasteiger partial charge on any atom is -0.372 e. The van der Waals surface area contributed by atoms with Crippen molar-refractivity contribution in [3.8, 4) is 6.07 Å². The minimum absolute atomic E-state index is 0.00396. The fourth-order valence-electron chi connectivity index (χ4n) is 4.18. The molecule has 2 unspecified atom stereocenters. The van der Waals surface area contributed by atoms with Crippen molar-refractivity contribution in [1.29, 1.82) is 5.26 Å². The first kappa shape index (κ1) is 23.5. The molecular formula is C22H28N4O3S2. The van der Waals surface area contributed by atoms with E-state index in [1.54, 1.807) is 22.5 Å². The number of thiocarbonyl (C=S) groups is 1. The maximum Gasteiger partial charge on any atom is 0.270 e. The summed E-state index contributed by atoms with van der Waals surface area (Å²) in [7, 11) is 0. The molecule has 1 aromatic heterocycles. The second-order valence-corrected chi connectivity index (χ2v) is 9.57. The molecule has 0 saturated carbocycles. The van der Waals surface area contributed by atoms with E-state index in [-0.39, 0.29) is 29.2 Å². The number of amides is 1. The quantitative estimate of drug-likeness (QED) is 0.493. The Kier molecular flexibility index (Phi) is 7.24. The molecule has 0 N–H and O–H groups in total. The van der Waals surface area contributed by atoms with E-state index in [0.29, 0.717) is 41.0 Å². The Morgan fingerprint density at radius 1 is 1.26 bits per heavy atom. The van der Waals surface area contributed by atoms with Gasteiger partial charge >= 0.3 is 0 Å². The van der Waals surface area contributed by atoms with E-state index in [0.717, 1.165) is 17.8 Å². The number of hydrogen-bond acceptors (Lipinski definition) is 7. The molecule has 1 amide bonds. The molecule has 0 bridgehead atoms. The highest BCUT2D eigenvalue weighted by Crippen LogP contribution is 2.36. The molecule has 2 aliphatic rings. The molecule has 0 aliphatic carbocycles. The molecule has 0 spiro atoms. The summed E-state index contributed by atoms with van der Waals surface area (Å²) in [5.41, 5.74) is 1.10. The number of morpholine rings is 1. The summed E-state index contributed by atoms with van der Waals surface area (Å²) in [6.07, 6.45) is 2.61. The number of hydrogen-bond donors (Lipinski definition) is 0. The third-order valence-corrected chi connectivity index (χ3v) is 6.86. The van der Waals surface area contributed by atoms with Gasteiger partial charge in [-0.25, -0.2) is 0 Å². The molecule has 31 heavy (non-hydrogen) atoms. The van der Waals surface area contributed by atoms with Gasteiger partial charge in [-0.15, -0.1) is 0 Å². The Balaban J connectivity index is 2.24. The van der Waals surface area contributed by atoms with Gasteiger partial charge in [-0.05, 0) is 45.8 Å². The Hall–Kier alpha value is -2.15. The van der Waals surface area contributed by atoms with Gasteiger partial charge in [-0.3, -0.25) is 19.1 Å². The van der Waals surface area contributed by atoms with Crippen molar-refractivity contribution in [3.63, 3.8) is 0 Å². The van der Waals surface area contributed by atoms with Crippen molar-refractivity contribution >= 4 is 46.1 Å². The number of pyridine rings is 1. The van der Waals surface area contributed by atoms with Crippen molar-refractivity contribution in [2.45, 2.75) is 59.8 Å². The van der Waals surface area contributed by atoms with Crippen LogP contribution in [0.5, 0.6) is 0 Å². The van der Waals surface area contributed by atoms with Crippen LogP contribution in [0.2, 0.25) is 0 Å². The molecule has 9 heteroatoms. The van der Waals surface area contributed by atoms with Crippen molar-refractivity contribution < 1.29 is 9.53 Å². The second kappa shape index (κ2) is 9.55. The van der Waals surface area contributed by atoms with Gasteiger partial charge in [0.25, 0.3) is 11.5 Å². The molecule has 3 heterocycles. The predicted molar refractivity (Wildman–Crippen MR) is 128 cm³/mol. The first-order valence-electron chi connectivity index (χ1n) is 10.6. The van der Waals surface area contributed by atoms with Crippen LogP contribution >= 0.6 is 24.0 Å². The first-order valence-corrected chi connectivity index (χ1v) is 11.8. The van der Waals surface area contributed by atoms with E-state index in [4.69, 9.17) is 17.0 Å². The Morgan fingerprint density at radius 3 is 2.45 bits per heavy atom. The van der Waals surface area contributed by atoms with Crippen LogP contribution in [0, 0.1) is 18.3 Å². The van der Waals surface area contributed by atoms with Gasteiger partial charge in [-0.2, -0.15) is 5.26 Å². The number of anilines is 1. The van der Waals surface area contributed by atoms with Crippen molar-refractivity contribution in [3.05, 3.63) is 31.9 Å². The fourth-order valence-corrected chi connectivity index (χ4v) is 5.47. The van der Waals surface area contributed by atoms with Gasteiger partial charge < -0.3 is 9.64 Å². The summed E-state index contributed by atoms with van der Waals surface area (Å²) in [6, 6.07) is 2.07. The number of nitrogens with zero attached hydrogens (tertiary/aromatic N) is 4. The smallest absolute Gasteiger partial charge is 0.270 e. The number of rotatable bonds is 5. The molecule has 2 aliphatic heterocycles. The zero-order valence-electron chi connectivity index (χ0n) is 18.6. The lowest BCUT2D eigenvalue weighted by Crippen LogP contribution is -2.48. The lowest BCUT2D eigenvalue weighted by molar-refractivity contribution is -0.122. The molecule has 7 nitrogen and oxygen atoms in total. The van der Waals surface area contributed by atoms with Crippen LogP contribution in [-0.4, -0.2) is 51.5 Å². The largest absolute Gasteiger partial charge is 0.372 e. The number of nitriles is 1. The molecule has 0 radical (unpaired) electrons. The third kappa shape index (κ3) is 4.43. The van der Waals surface area contributed by atoms with Crippen molar-refractivity contribution in [2.75, 3.05) is 24.5 Å². The molecular weight excluding hydrogens is 432 g/mol. The van der Waals surface area contributed by atoms with Gasteiger partial charge in [0.2, 0.25) is 0 Å². The maximum atomic E-state index is 13.1. The molecule has 2 saturated heterocycles. The summed E-state index contributed by atoms with van der Waals surface area (Å²) < 4.78 is 8.05. The summed E-state index contributed by atoms with van der Waals surface area (Å²) in [6.45, 7) is 11.9. The van der Waals surface area contributed by atoms with Crippen LogP contribution in [0.25, 0.3) is 6.08 Å². The maximum absolute atomic E-state index is 13.1. The normalized spacial score (nSPS) is 23.0. The third-order valence-electron chi connectivity index (χ3n) is 5.48. The van der Waals surface area contributed by atoms with Crippen LogP contribution < -0.4 is 10.5 Å². The van der Waals surface area contributed by atoms with E-state index in [1.807, 2.05) is 27.7 Å². The standard InChI is InChI=1S/C22H28N4O3S2/c1-6-8-26-21(28)18(31-22(26)30)9-16-15(5)17(10-23)20(27)25(7-2)19(16)24-11-13(3)29-14(4)12-24/h9,13-14H,6-8,11-12H2,1-5H3/b18-9-. The van der Waals surface area contributed by atoms with Gasteiger partial charge in [0.05, 0.1) is 17.1 Å². The first-order chi connectivity index (χ1) is 14.7. The average molecular weight is 461 g/mol. The molecule has 2 atom stereocenters. The summed E-state index contributed by atoms with van der Waals surface area (Å²) in [5, 5.41) is 9.68. The van der Waals surface area contributed by atoms with Gasteiger partial charge in [0.1, 0.15) is 21.8 Å². The zero-order valence-corrected chi connectivity index (χ0v) is 20.2. The second-order valence-electron chi connectivity index (χ2n) is 7.89. The number of carbonyl (C=O) groups is 1. The van der Waals surface area contributed by atoms with Crippen molar-refractivity contribution in [2.24, 2.45) is 0 Å². The van der Waals surface area contributed by atoms with Gasteiger partial charge in [0, 0.05) is 31.7 Å². The minimum atomic E-state index is -0.306. The van der Waals surface area contributed by atoms with E-state index in [9.17, 15) is 14.9 Å². The lowest BCUT2D eigenvalue weighted by atomic mass is 10.0. The number of thioether (sulfide) groups is 1.